The molecule has 1 heterocycles. The smallest absolute Gasteiger partial charge is 0.188 e. The Hall–Kier alpha value is -1.66. The summed E-state index contributed by atoms with van der Waals surface area (Å²) >= 11 is 4.86. The standard InChI is InChI=1S/C15H12BrFN2OS/c1-2-20-10-4-6-13-14(8-10)21-15(19-13)18-12-5-3-9(17)7-11(12)16/h3-8H,2H2,1H3,(H,18,19). The van der Waals surface area contributed by atoms with Gasteiger partial charge < -0.3 is 10.1 Å². The second kappa shape index (κ2) is 5.99. The van der Waals surface area contributed by atoms with Crippen molar-refractivity contribution < 1.29 is 9.13 Å². The van der Waals surface area contributed by atoms with Crippen molar-refractivity contribution in [3.8, 4) is 5.75 Å². The molecule has 6 heteroatoms. The van der Waals surface area contributed by atoms with Crippen LogP contribution in [0.4, 0.5) is 15.2 Å². The lowest BCUT2D eigenvalue weighted by atomic mass is 10.3. The maximum atomic E-state index is 13.1. The molecule has 0 spiro atoms. The lowest BCUT2D eigenvalue weighted by Crippen LogP contribution is -1.91. The Morgan fingerprint density at radius 2 is 2.14 bits per heavy atom. The molecule has 0 aliphatic heterocycles. The third kappa shape index (κ3) is 3.16. The van der Waals surface area contributed by atoms with Crippen LogP contribution in [0.3, 0.4) is 0 Å². The Kier molecular flexibility index (Phi) is 4.07. The van der Waals surface area contributed by atoms with Crippen LogP contribution in [0.25, 0.3) is 10.2 Å². The molecule has 0 aliphatic carbocycles. The normalized spacial score (nSPS) is 10.8. The summed E-state index contributed by atoms with van der Waals surface area (Å²) in [7, 11) is 0. The van der Waals surface area contributed by atoms with Crippen molar-refractivity contribution in [1.29, 1.82) is 0 Å². The van der Waals surface area contributed by atoms with Gasteiger partial charge in [-0.25, -0.2) is 9.37 Å². The Morgan fingerprint density at radius 3 is 2.90 bits per heavy atom. The van der Waals surface area contributed by atoms with Gasteiger partial charge in [-0.3, -0.25) is 0 Å². The molecule has 0 amide bonds. The Bertz CT molecular complexity index is 790. The van der Waals surface area contributed by atoms with Gasteiger partial charge in [0.05, 0.1) is 22.5 Å². The SMILES string of the molecule is CCOc1ccc2nc(Nc3ccc(F)cc3Br)sc2c1. The molecule has 1 N–H and O–H groups in total. The number of aromatic nitrogens is 1. The molecule has 0 aliphatic rings. The van der Waals surface area contributed by atoms with Gasteiger partial charge in [-0.2, -0.15) is 0 Å². The third-order valence-corrected chi connectivity index (χ3v) is 4.43. The molecule has 0 fully saturated rings. The summed E-state index contributed by atoms with van der Waals surface area (Å²) in [6.45, 7) is 2.59. The molecule has 2 aromatic carbocycles. The highest BCUT2D eigenvalue weighted by atomic mass is 79.9. The van der Waals surface area contributed by atoms with Crippen molar-refractivity contribution in [2.24, 2.45) is 0 Å². The molecule has 21 heavy (non-hydrogen) atoms. The number of anilines is 2. The van der Waals surface area contributed by atoms with E-state index in [0.29, 0.717) is 11.1 Å². The van der Waals surface area contributed by atoms with Gasteiger partial charge in [0.25, 0.3) is 0 Å². The average Bonchev–Trinajstić information content (AvgIpc) is 2.84. The predicted molar refractivity (Wildman–Crippen MR) is 88.2 cm³/mol. The molecular weight excluding hydrogens is 355 g/mol. The number of thiazole rings is 1. The molecular formula is C15H12BrFN2OS. The molecule has 1 aromatic heterocycles. The lowest BCUT2D eigenvalue weighted by Gasteiger charge is -2.04. The first kappa shape index (κ1) is 14.3. The zero-order chi connectivity index (χ0) is 14.8. The number of benzene rings is 2. The zero-order valence-electron chi connectivity index (χ0n) is 11.2. The summed E-state index contributed by atoms with van der Waals surface area (Å²) in [6.07, 6.45) is 0. The summed E-state index contributed by atoms with van der Waals surface area (Å²) in [5.41, 5.74) is 1.68. The van der Waals surface area contributed by atoms with Gasteiger partial charge in [-0.05, 0) is 59.3 Å². The molecule has 0 saturated heterocycles. The number of fused-ring (bicyclic) bond motifs is 1. The molecule has 3 aromatic rings. The van der Waals surface area contributed by atoms with Crippen molar-refractivity contribution in [1.82, 2.24) is 4.98 Å². The van der Waals surface area contributed by atoms with E-state index in [1.54, 1.807) is 6.07 Å². The third-order valence-electron chi connectivity index (χ3n) is 2.84. The largest absolute Gasteiger partial charge is 0.494 e. The second-order valence-electron chi connectivity index (χ2n) is 4.33. The van der Waals surface area contributed by atoms with Crippen LogP contribution in [0.15, 0.2) is 40.9 Å². The fourth-order valence-corrected chi connectivity index (χ4v) is 3.28. The minimum absolute atomic E-state index is 0.280. The van der Waals surface area contributed by atoms with Gasteiger partial charge in [0, 0.05) is 4.47 Å². The molecule has 0 saturated carbocycles. The van der Waals surface area contributed by atoms with Crippen molar-refractivity contribution >= 4 is 48.3 Å². The Balaban J connectivity index is 1.90. The molecule has 0 radical (unpaired) electrons. The van der Waals surface area contributed by atoms with Crippen LogP contribution >= 0.6 is 27.3 Å². The van der Waals surface area contributed by atoms with E-state index in [1.807, 2.05) is 25.1 Å². The molecule has 3 nitrogen and oxygen atoms in total. The minimum Gasteiger partial charge on any atom is -0.494 e. The number of hydrogen-bond donors (Lipinski definition) is 1. The maximum Gasteiger partial charge on any atom is 0.188 e. The first-order valence-electron chi connectivity index (χ1n) is 6.41. The maximum absolute atomic E-state index is 13.1. The van der Waals surface area contributed by atoms with Gasteiger partial charge in [0.2, 0.25) is 0 Å². The van der Waals surface area contributed by atoms with E-state index in [9.17, 15) is 4.39 Å². The first-order chi connectivity index (χ1) is 10.2. The summed E-state index contributed by atoms with van der Waals surface area (Å²) < 4.78 is 20.3. The highest BCUT2D eigenvalue weighted by Crippen LogP contribution is 2.33. The summed E-state index contributed by atoms with van der Waals surface area (Å²) in [5.74, 6) is 0.557. The molecule has 108 valence electrons. The van der Waals surface area contributed by atoms with E-state index in [2.05, 4.69) is 26.2 Å². The van der Waals surface area contributed by atoms with Gasteiger partial charge in [0.1, 0.15) is 11.6 Å². The number of hydrogen-bond acceptors (Lipinski definition) is 4. The molecule has 0 unspecified atom stereocenters. The van der Waals surface area contributed by atoms with E-state index in [0.717, 1.165) is 26.8 Å². The monoisotopic (exact) mass is 366 g/mol. The second-order valence-corrected chi connectivity index (χ2v) is 6.22. The van der Waals surface area contributed by atoms with E-state index in [4.69, 9.17) is 4.74 Å². The van der Waals surface area contributed by atoms with Crippen LogP contribution < -0.4 is 10.1 Å². The summed E-state index contributed by atoms with van der Waals surface area (Å²) in [4.78, 5) is 4.51. The fraction of sp³-hybridized carbons (Fsp3) is 0.133. The van der Waals surface area contributed by atoms with E-state index in [1.165, 1.54) is 23.5 Å². The number of nitrogens with one attached hydrogen (secondary N) is 1. The van der Waals surface area contributed by atoms with E-state index in [-0.39, 0.29) is 5.82 Å². The van der Waals surface area contributed by atoms with Crippen LogP contribution in [0.2, 0.25) is 0 Å². The molecule has 0 bridgehead atoms. The highest BCUT2D eigenvalue weighted by Gasteiger charge is 2.08. The number of nitrogens with zero attached hydrogens (tertiary/aromatic N) is 1. The molecule has 0 atom stereocenters. The van der Waals surface area contributed by atoms with E-state index < -0.39 is 0 Å². The van der Waals surface area contributed by atoms with Crippen molar-refractivity contribution in [2.75, 3.05) is 11.9 Å². The van der Waals surface area contributed by atoms with Gasteiger partial charge in [-0.15, -0.1) is 0 Å². The van der Waals surface area contributed by atoms with Crippen LogP contribution in [-0.4, -0.2) is 11.6 Å². The zero-order valence-corrected chi connectivity index (χ0v) is 13.6. The summed E-state index contributed by atoms with van der Waals surface area (Å²) in [5, 5.41) is 3.95. The van der Waals surface area contributed by atoms with Crippen molar-refractivity contribution in [2.45, 2.75) is 6.92 Å². The van der Waals surface area contributed by atoms with Gasteiger partial charge in [-0.1, -0.05) is 11.3 Å². The van der Waals surface area contributed by atoms with Crippen LogP contribution in [-0.2, 0) is 0 Å². The number of halogens is 2. The minimum atomic E-state index is -0.280. The average molecular weight is 367 g/mol. The lowest BCUT2D eigenvalue weighted by molar-refractivity contribution is 0.341. The first-order valence-corrected chi connectivity index (χ1v) is 8.02. The Labute approximate surface area is 133 Å². The topological polar surface area (TPSA) is 34.1 Å². The predicted octanol–water partition coefficient (Wildman–Crippen LogP) is 5.34. The van der Waals surface area contributed by atoms with Gasteiger partial charge in [0.15, 0.2) is 5.13 Å². The van der Waals surface area contributed by atoms with Crippen molar-refractivity contribution in [3.05, 3.63) is 46.7 Å². The van der Waals surface area contributed by atoms with Crippen molar-refractivity contribution in [3.63, 3.8) is 0 Å². The summed E-state index contributed by atoms with van der Waals surface area (Å²) in [6, 6.07) is 10.3. The highest BCUT2D eigenvalue weighted by molar-refractivity contribution is 9.10. The van der Waals surface area contributed by atoms with Gasteiger partial charge >= 0.3 is 0 Å². The fourth-order valence-electron chi connectivity index (χ4n) is 1.92. The number of ether oxygens (including phenoxy) is 1. The Morgan fingerprint density at radius 1 is 1.29 bits per heavy atom. The molecule has 3 rings (SSSR count). The van der Waals surface area contributed by atoms with Crippen LogP contribution in [0.5, 0.6) is 5.75 Å². The van der Waals surface area contributed by atoms with E-state index >= 15 is 0 Å². The number of rotatable bonds is 4. The van der Waals surface area contributed by atoms with Crippen LogP contribution in [0, 0.1) is 5.82 Å². The van der Waals surface area contributed by atoms with Crippen LogP contribution in [0.1, 0.15) is 6.92 Å². The quantitative estimate of drug-likeness (QED) is 0.676.